The molecule has 25 heavy (non-hydrogen) atoms. The Balaban J connectivity index is 1.82. The fraction of sp³-hybridized carbons (Fsp3) is 0. The molecule has 0 unspecified atom stereocenters. The lowest BCUT2D eigenvalue weighted by Crippen LogP contribution is -2.09. The van der Waals surface area contributed by atoms with Crippen LogP contribution >= 0.6 is 0 Å². The van der Waals surface area contributed by atoms with Gasteiger partial charge in [0.05, 0.1) is 11.1 Å². The highest BCUT2D eigenvalue weighted by Crippen LogP contribution is 2.34. The van der Waals surface area contributed by atoms with E-state index in [1.807, 2.05) is 48.5 Å². The number of hydrogen-bond donors (Lipinski definition) is 2. The Morgan fingerprint density at radius 3 is 2.36 bits per heavy atom. The van der Waals surface area contributed by atoms with Gasteiger partial charge in [0.25, 0.3) is 5.56 Å². The number of ether oxygens (including phenoxy) is 1. The minimum Gasteiger partial charge on any atom is -0.506 e. The zero-order valence-corrected chi connectivity index (χ0v) is 13.3. The number of fused-ring (bicyclic) bond motifs is 1. The zero-order valence-electron chi connectivity index (χ0n) is 13.3. The molecule has 0 fully saturated rings. The van der Waals surface area contributed by atoms with Gasteiger partial charge >= 0.3 is 0 Å². The molecular formula is C21H15NO3. The number of aromatic amines is 1. The number of rotatable bonds is 3. The normalized spacial score (nSPS) is 10.7. The average Bonchev–Trinajstić information content (AvgIpc) is 2.63. The third-order valence-corrected chi connectivity index (χ3v) is 4.00. The van der Waals surface area contributed by atoms with E-state index < -0.39 is 0 Å². The third kappa shape index (κ3) is 2.85. The highest BCUT2D eigenvalue weighted by Gasteiger charge is 2.14. The largest absolute Gasteiger partial charge is 0.506 e. The van der Waals surface area contributed by atoms with Crippen LogP contribution < -0.4 is 10.3 Å². The molecule has 4 aromatic rings. The quantitative estimate of drug-likeness (QED) is 0.573. The van der Waals surface area contributed by atoms with Gasteiger partial charge in [-0.2, -0.15) is 0 Å². The maximum absolute atomic E-state index is 12.5. The molecule has 0 amide bonds. The van der Waals surface area contributed by atoms with E-state index in [1.165, 1.54) is 0 Å². The summed E-state index contributed by atoms with van der Waals surface area (Å²) < 4.78 is 5.81. The summed E-state index contributed by atoms with van der Waals surface area (Å²) in [5.41, 5.74) is 1.09. The summed E-state index contributed by atoms with van der Waals surface area (Å²) >= 11 is 0. The molecule has 122 valence electrons. The summed E-state index contributed by atoms with van der Waals surface area (Å²) in [5, 5.41) is 11.2. The van der Waals surface area contributed by atoms with Crippen molar-refractivity contribution in [1.29, 1.82) is 0 Å². The SMILES string of the molecule is O=c1[nH]c2ccccc2c(O)c1-c1cccc(Oc2ccccc2)c1. The molecule has 0 aliphatic rings. The summed E-state index contributed by atoms with van der Waals surface area (Å²) in [6.07, 6.45) is 0. The first-order valence-electron chi connectivity index (χ1n) is 7.90. The molecule has 0 saturated heterocycles. The Kier molecular flexibility index (Phi) is 3.71. The monoisotopic (exact) mass is 329 g/mol. The fourth-order valence-corrected chi connectivity index (χ4v) is 2.83. The van der Waals surface area contributed by atoms with Crippen molar-refractivity contribution in [3.8, 4) is 28.4 Å². The molecular weight excluding hydrogens is 314 g/mol. The van der Waals surface area contributed by atoms with Crippen LogP contribution in [0.4, 0.5) is 0 Å². The number of aromatic nitrogens is 1. The zero-order chi connectivity index (χ0) is 17.2. The predicted molar refractivity (Wildman–Crippen MR) is 98.2 cm³/mol. The number of hydrogen-bond acceptors (Lipinski definition) is 3. The van der Waals surface area contributed by atoms with Crippen molar-refractivity contribution in [2.24, 2.45) is 0 Å². The third-order valence-electron chi connectivity index (χ3n) is 4.00. The number of nitrogens with one attached hydrogen (secondary N) is 1. The van der Waals surface area contributed by atoms with Crippen LogP contribution in [0.2, 0.25) is 0 Å². The van der Waals surface area contributed by atoms with Gasteiger partial charge in [-0.25, -0.2) is 0 Å². The number of H-pyrrole nitrogens is 1. The minimum atomic E-state index is -0.340. The van der Waals surface area contributed by atoms with Gasteiger partial charge in [-0.05, 0) is 42.0 Å². The Hall–Kier alpha value is -3.53. The van der Waals surface area contributed by atoms with Crippen molar-refractivity contribution in [3.63, 3.8) is 0 Å². The molecule has 0 aliphatic carbocycles. The van der Waals surface area contributed by atoms with Gasteiger partial charge in [0.2, 0.25) is 0 Å². The molecule has 4 nitrogen and oxygen atoms in total. The standard InChI is InChI=1S/C21H15NO3/c23-20-17-11-4-5-12-18(17)22-21(24)19(20)14-7-6-10-16(13-14)25-15-8-2-1-3-9-15/h1-13H,(H2,22,23,24). The molecule has 1 aromatic heterocycles. The lowest BCUT2D eigenvalue weighted by Gasteiger charge is -2.10. The maximum atomic E-state index is 12.5. The summed E-state index contributed by atoms with van der Waals surface area (Å²) in [6.45, 7) is 0. The van der Waals surface area contributed by atoms with Crippen molar-refractivity contribution >= 4 is 10.9 Å². The smallest absolute Gasteiger partial charge is 0.260 e. The first kappa shape index (κ1) is 15.0. The number of pyridine rings is 1. The van der Waals surface area contributed by atoms with Gasteiger partial charge < -0.3 is 14.8 Å². The molecule has 0 bridgehead atoms. The van der Waals surface area contributed by atoms with Gasteiger partial charge in [0.1, 0.15) is 17.2 Å². The summed E-state index contributed by atoms with van der Waals surface area (Å²) in [6, 6.07) is 23.7. The Morgan fingerprint density at radius 2 is 1.52 bits per heavy atom. The summed E-state index contributed by atoms with van der Waals surface area (Å²) in [4.78, 5) is 15.3. The maximum Gasteiger partial charge on any atom is 0.260 e. The highest BCUT2D eigenvalue weighted by molar-refractivity contribution is 5.91. The first-order chi connectivity index (χ1) is 12.2. The van der Waals surface area contributed by atoms with E-state index >= 15 is 0 Å². The molecule has 0 spiro atoms. The van der Waals surface area contributed by atoms with Gasteiger partial charge in [-0.15, -0.1) is 0 Å². The van der Waals surface area contributed by atoms with Crippen molar-refractivity contribution in [2.75, 3.05) is 0 Å². The van der Waals surface area contributed by atoms with E-state index in [9.17, 15) is 9.90 Å². The molecule has 0 radical (unpaired) electrons. The highest BCUT2D eigenvalue weighted by atomic mass is 16.5. The van der Waals surface area contributed by atoms with Crippen LogP contribution in [0.5, 0.6) is 17.2 Å². The van der Waals surface area contributed by atoms with Gasteiger partial charge in [-0.3, -0.25) is 4.79 Å². The second-order valence-electron chi connectivity index (χ2n) is 5.67. The molecule has 0 aliphatic heterocycles. The fourth-order valence-electron chi connectivity index (χ4n) is 2.83. The van der Waals surface area contributed by atoms with E-state index in [0.717, 1.165) is 0 Å². The Bertz CT molecular complexity index is 1100. The molecule has 4 heteroatoms. The lowest BCUT2D eigenvalue weighted by molar-refractivity contribution is 0.480. The molecule has 2 N–H and O–H groups in total. The van der Waals surface area contributed by atoms with Crippen LogP contribution in [-0.4, -0.2) is 10.1 Å². The second kappa shape index (κ2) is 6.17. The average molecular weight is 329 g/mol. The van der Waals surface area contributed by atoms with Crippen LogP contribution in [0.25, 0.3) is 22.0 Å². The number of para-hydroxylation sites is 2. The van der Waals surface area contributed by atoms with E-state index in [1.54, 1.807) is 30.3 Å². The van der Waals surface area contributed by atoms with Gasteiger partial charge in [0, 0.05) is 5.39 Å². The Morgan fingerprint density at radius 1 is 0.800 bits per heavy atom. The first-order valence-corrected chi connectivity index (χ1v) is 7.90. The van der Waals surface area contributed by atoms with Gasteiger partial charge in [-0.1, -0.05) is 42.5 Å². The summed E-state index contributed by atoms with van der Waals surface area (Å²) in [7, 11) is 0. The number of benzene rings is 3. The number of aromatic hydroxyl groups is 1. The van der Waals surface area contributed by atoms with Crippen LogP contribution in [0, 0.1) is 0 Å². The second-order valence-corrected chi connectivity index (χ2v) is 5.67. The van der Waals surface area contributed by atoms with Crippen molar-refractivity contribution in [3.05, 3.63) is 89.2 Å². The topological polar surface area (TPSA) is 62.3 Å². The molecule has 3 aromatic carbocycles. The van der Waals surface area contributed by atoms with Crippen LogP contribution in [0.15, 0.2) is 83.7 Å². The van der Waals surface area contributed by atoms with Crippen molar-refractivity contribution in [1.82, 2.24) is 4.98 Å². The van der Waals surface area contributed by atoms with Crippen LogP contribution in [0.3, 0.4) is 0 Å². The summed E-state index contributed by atoms with van der Waals surface area (Å²) in [5.74, 6) is 1.27. The molecule has 4 rings (SSSR count). The van der Waals surface area contributed by atoms with E-state index in [2.05, 4.69) is 4.98 Å². The van der Waals surface area contributed by atoms with Crippen molar-refractivity contribution in [2.45, 2.75) is 0 Å². The van der Waals surface area contributed by atoms with E-state index in [-0.39, 0.29) is 16.9 Å². The predicted octanol–water partition coefficient (Wildman–Crippen LogP) is 4.69. The van der Waals surface area contributed by atoms with E-state index in [0.29, 0.717) is 28.0 Å². The van der Waals surface area contributed by atoms with Crippen LogP contribution in [-0.2, 0) is 0 Å². The molecule has 1 heterocycles. The lowest BCUT2D eigenvalue weighted by atomic mass is 10.0. The minimum absolute atomic E-state index is 0.0313. The van der Waals surface area contributed by atoms with Crippen LogP contribution in [0.1, 0.15) is 0 Å². The van der Waals surface area contributed by atoms with Gasteiger partial charge in [0.15, 0.2) is 0 Å². The van der Waals surface area contributed by atoms with Crippen molar-refractivity contribution < 1.29 is 9.84 Å². The molecule has 0 saturated carbocycles. The van der Waals surface area contributed by atoms with E-state index in [4.69, 9.17) is 4.74 Å². The Labute approximate surface area is 144 Å². The molecule has 0 atom stereocenters.